The van der Waals surface area contributed by atoms with Crippen LogP contribution in [-0.2, 0) is 4.79 Å². The topological polar surface area (TPSA) is 37.6 Å². The summed E-state index contributed by atoms with van der Waals surface area (Å²) < 4.78 is 3.52. The Kier molecular flexibility index (Phi) is 7.21. The fourth-order valence-electron chi connectivity index (χ4n) is 5.03. The average molecular weight is 596 g/mol. The SMILES string of the molecule is Cc1ccc(-n2c(C)cc(/C=C3\SC(=Nc4ccccc4)N(C4CCCCC4)C3=O)c2C)cc1I. The zero-order chi connectivity index (χ0) is 24.5. The van der Waals surface area contributed by atoms with Crippen molar-refractivity contribution in [2.45, 2.75) is 58.9 Å². The minimum absolute atomic E-state index is 0.0891. The van der Waals surface area contributed by atoms with E-state index in [0.717, 1.165) is 51.2 Å². The lowest BCUT2D eigenvalue weighted by atomic mass is 9.94. The van der Waals surface area contributed by atoms with Gasteiger partial charge in [0.2, 0.25) is 0 Å². The van der Waals surface area contributed by atoms with Crippen LogP contribution in [0, 0.1) is 24.3 Å². The summed E-state index contributed by atoms with van der Waals surface area (Å²) in [7, 11) is 0. The van der Waals surface area contributed by atoms with Gasteiger partial charge in [-0.3, -0.25) is 9.69 Å². The van der Waals surface area contributed by atoms with E-state index in [4.69, 9.17) is 4.99 Å². The van der Waals surface area contributed by atoms with Gasteiger partial charge in [0.25, 0.3) is 5.91 Å². The Morgan fingerprint density at radius 2 is 1.74 bits per heavy atom. The smallest absolute Gasteiger partial charge is 0.267 e. The van der Waals surface area contributed by atoms with Crippen molar-refractivity contribution in [2.24, 2.45) is 4.99 Å². The van der Waals surface area contributed by atoms with E-state index in [1.807, 2.05) is 35.2 Å². The monoisotopic (exact) mass is 595 g/mol. The van der Waals surface area contributed by atoms with Crippen LogP contribution < -0.4 is 0 Å². The number of amidine groups is 1. The summed E-state index contributed by atoms with van der Waals surface area (Å²) in [6.45, 7) is 6.39. The first-order valence-corrected chi connectivity index (χ1v) is 14.1. The van der Waals surface area contributed by atoms with E-state index in [2.05, 4.69) is 78.3 Å². The molecule has 0 N–H and O–H groups in total. The van der Waals surface area contributed by atoms with Gasteiger partial charge >= 0.3 is 0 Å². The molecule has 0 bridgehead atoms. The van der Waals surface area contributed by atoms with Gasteiger partial charge in [0.1, 0.15) is 0 Å². The summed E-state index contributed by atoms with van der Waals surface area (Å²) in [4.78, 5) is 21.3. The third-order valence-electron chi connectivity index (χ3n) is 6.93. The molecule has 35 heavy (non-hydrogen) atoms. The number of amides is 1. The van der Waals surface area contributed by atoms with Gasteiger partial charge in [-0.05, 0) is 116 Å². The van der Waals surface area contributed by atoms with Crippen molar-refractivity contribution in [3.05, 3.63) is 85.6 Å². The molecule has 2 fully saturated rings. The molecule has 0 unspecified atom stereocenters. The largest absolute Gasteiger partial charge is 0.318 e. The van der Waals surface area contributed by atoms with Crippen LogP contribution in [0.1, 0.15) is 54.6 Å². The lowest BCUT2D eigenvalue weighted by Gasteiger charge is -2.30. The van der Waals surface area contributed by atoms with E-state index in [-0.39, 0.29) is 11.9 Å². The molecule has 1 aliphatic heterocycles. The third kappa shape index (κ3) is 5.00. The molecule has 2 aliphatic rings. The molecule has 1 aromatic heterocycles. The number of carbonyl (C=O) groups excluding carboxylic acids is 1. The van der Waals surface area contributed by atoms with Crippen LogP contribution in [-0.4, -0.2) is 26.6 Å². The second-order valence-corrected chi connectivity index (χ2v) is 11.6. The molecule has 6 heteroatoms. The van der Waals surface area contributed by atoms with E-state index in [1.54, 1.807) is 0 Å². The maximum atomic E-state index is 13.7. The highest BCUT2D eigenvalue weighted by Crippen LogP contribution is 2.39. The van der Waals surface area contributed by atoms with E-state index >= 15 is 0 Å². The fourth-order valence-corrected chi connectivity index (χ4v) is 6.58. The van der Waals surface area contributed by atoms with E-state index in [0.29, 0.717) is 0 Å². The predicted octanol–water partition coefficient (Wildman–Crippen LogP) is 7.94. The standard InChI is InChI=1S/C29H30IN3OS/c1-19-14-15-25(18-26(19)30)32-20(2)16-22(21(32)3)17-27-28(34)33(24-12-8-5-9-13-24)29(35-27)31-23-10-6-4-7-11-23/h4,6-7,10-11,14-18,24H,5,8-9,12-13H2,1-3H3/b27-17-,31-29?. The number of aliphatic imine (C=N–C) groups is 1. The maximum Gasteiger partial charge on any atom is 0.267 e. The Labute approximate surface area is 225 Å². The average Bonchev–Trinajstić information content (AvgIpc) is 3.31. The molecule has 0 spiro atoms. The van der Waals surface area contributed by atoms with Gasteiger partial charge in [-0.1, -0.05) is 43.5 Å². The van der Waals surface area contributed by atoms with Crippen molar-refractivity contribution in [2.75, 3.05) is 0 Å². The normalized spacial score (nSPS) is 19.3. The van der Waals surface area contributed by atoms with Crippen molar-refractivity contribution in [1.29, 1.82) is 0 Å². The molecule has 2 aromatic carbocycles. The molecule has 0 atom stereocenters. The van der Waals surface area contributed by atoms with Gasteiger partial charge in [0.15, 0.2) is 5.17 Å². The number of hydrogen-bond donors (Lipinski definition) is 0. The Hall–Kier alpha value is -2.32. The third-order valence-corrected chi connectivity index (χ3v) is 9.07. The summed E-state index contributed by atoms with van der Waals surface area (Å²) in [6.07, 6.45) is 7.76. The van der Waals surface area contributed by atoms with Gasteiger partial charge in [0, 0.05) is 26.7 Å². The van der Waals surface area contributed by atoms with Crippen LogP contribution >= 0.6 is 34.4 Å². The Bertz CT molecular complexity index is 1320. The lowest BCUT2D eigenvalue weighted by Crippen LogP contribution is -2.40. The molecule has 1 amide bonds. The van der Waals surface area contributed by atoms with Crippen molar-refractivity contribution in [3.8, 4) is 5.69 Å². The first-order chi connectivity index (χ1) is 16.9. The van der Waals surface area contributed by atoms with Crippen molar-refractivity contribution >= 4 is 57.2 Å². The van der Waals surface area contributed by atoms with Crippen LogP contribution in [0.3, 0.4) is 0 Å². The number of hydrogen-bond acceptors (Lipinski definition) is 3. The van der Waals surface area contributed by atoms with Gasteiger partial charge < -0.3 is 4.57 Å². The number of benzene rings is 2. The second-order valence-electron chi connectivity index (χ2n) is 9.40. The first-order valence-electron chi connectivity index (χ1n) is 12.2. The quantitative estimate of drug-likeness (QED) is 0.227. The van der Waals surface area contributed by atoms with Crippen molar-refractivity contribution in [1.82, 2.24) is 9.47 Å². The highest BCUT2D eigenvalue weighted by atomic mass is 127. The minimum atomic E-state index is 0.0891. The molecule has 1 saturated heterocycles. The lowest BCUT2D eigenvalue weighted by molar-refractivity contribution is -0.124. The molecule has 1 aliphatic carbocycles. The highest BCUT2D eigenvalue weighted by molar-refractivity contribution is 14.1. The summed E-state index contributed by atoms with van der Waals surface area (Å²) in [5.41, 5.74) is 6.70. The highest BCUT2D eigenvalue weighted by Gasteiger charge is 2.38. The number of aromatic nitrogens is 1. The molecule has 3 aromatic rings. The Balaban J connectivity index is 1.52. The number of carbonyl (C=O) groups is 1. The van der Waals surface area contributed by atoms with Crippen LogP contribution in [0.4, 0.5) is 5.69 Å². The number of nitrogens with zero attached hydrogens (tertiary/aromatic N) is 3. The first kappa shape index (κ1) is 24.4. The van der Waals surface area contributed by atoms with Crippen molar-refractivity contribution in [3.63, 3.8) is 0 Å². The van der Waals surface area contributed by atoms with Gasteiger partial charge in [-0.2, -0.15) is 0 Å². The van der Waals surface area contributed by atoms with Crippen LogP contribution in [0.5, 0.6) is 0 Å². The number of aryl methyl sites for hydroxylation is 2. The second kappa shape index (κ2) is 10.3. The number of halogens is 1. The van der Waals surface area contributed by atoms with Gasteiger partial charge in [0.05, 0.1) is 10.6 Å². The minimum Gasteiger partial charge on any atom is -0.318 e. The Morgan fingerprint density at radius 3 is 2.46 bits per heavy atom. The van der Waals surface area contributed by atoms with Gasteiger partial charge in [-0.15, -0.1) is 0 Å². The van der Waals surface area contributed by atoms with Crippen LogP contribution in [0.25, 0.3) is 11.8 Å². The van der Waals surface area contributed by atoms with Crippen molar-refractivity contribution < 1.29 is 4.79 Å². The molecule has 5 rings (SSSR count). The van der Waals surface area contributed by atoms with Gasteiger partial charge in [-0.25, -0.2) is 4.99 Å². The summed E-state index contributed by atoms with van der Waals surface area (Å²) in [5.74, 6) is 0.0891. The number of thioether (sulfide) groups is 1. The summed E-state index contributed by atoms with van der Waals surface area (Å²) >= 11 is 3.90. The molecule has 4 nitrogen and oxygen atoms in total. The molecular weight excluding hydrogens is 565 g/mol. The molecule has 0 radical (unpaired) electrons. The summed E-state index contributed by atoms with van der Waals surface area (Å²) in [5, 5.41) is 0.807. The zero-order valence-electron chi connectivity index (χ0n) is 20.4. The fraction of sp³-hybridized carbons (Fsp3) is 0.310. The van der Waals surface area contributed by atoms with E-state index in [1.165, 1.54) is 40.2 Å². The molecule has 180 valence electrons. The Morgan fingerprint density at radius 1 is 1.00 bits per heavy atom. The van der Waals surface area contributed by atoms with Crippen LogP contribution in [0.15, 0.2) is 64.5 Å². The van der Waals surface area contributed by atoms with E-state index in [9.17, 15) is 4.79 Å². The molecular formula is C29H30IN3OS. The predicted molar refractivity (Wildman–Crippen MR) is 156 cm³/mol. The van der Waals surface area contributed by atoms with Crippen LogP contribution in [0.2, 0.25) is 0 Å². The van der Waals surface area contributed by atoms with E-state index < -0.39 is 0 Å². The summed E-state index contributed by atoms with van der Waals surface area (Å²) in [6, 6.07) is 18.9. The number of para-hydroxylation sites is 1. The number of rotatable bonds is 4. The molecule has 2 heterocycles. The maximum absolute atomic E-state index is 13.7. The zero-order valence-corrected chi connectivity index (χ0v) is 23.4. The molecule has 1 saturated carbocycles.